The van der Waals surface area contributed by atoms with Crippen LogP contribution in [0.3, 0.4) is 0 Å². The normalized spacial score (nSPS) is 17.8. The Bertz CT molecular complexity index is 905. The molecule has 0 aliphatic carbocycles. The molecule has 128 valence electrons. The zero-order chi connectivity index (χ0) is 17.2. The van der Waals surface area contributed by atoms with Gasteiger partial charge in [0.15, 0.2) is 0 Å². The van der Waals surface area contributed by atoms with E-state index < -0.39 is 5.82 Å². The molecule has 3 heterocycles. The van der Waals surface area contributed by atoms with Gasteiger partial charge in [-0.1, -0.05) is 12.1 Å². The molecule has 3 aromatic rings. The first-order valence-corrected chi connectivity index (χ1v) is 8.66. The Labute approximate surface area is 145 Å². The van der Waals surface area contributed by atoms with Gasteiger partial charge in [-0.2, -0.15) is 0 Å². The van der Waals surface area contributed by atoms with Gasteiger partial charge in [-0.05, 0) is 55.0 Å². The third kappa shape index (κ3) is 3.27. The second-order valence-electron chi connectivity index (χ2n) is 6.70. The number of fused-ring (bicyclic) bond motifs is 1. The van der Waals surface area contributed by atoms with Crippen LogP contribution < -0.4 is 0 Å². The molecule has 1 saturated heterocycles. The van der Waals surface area contributed by atoms with E-state index in [-0.39, 0.29) is 11.5 Å². The lowest BCUT2D eigenvalue weighted by Crippen LogP contribution is -2.40. The molecule has 0 radical (unpaired) electrons. The maximum atomic E-state index is 13.9. The number of carbonyl (C=O) groups excluding carboxylic acids is 1. The molecule has 0 spiro atoms. The number of hydrogen-bond donors (Lipinski definition) is 1. The van der Waals surface area contributed by atoms with E-state index in [1.807, 2.05) is 18.5 Å². The van der Waals surface area contributed by atoms with Crippen molar-refractivity contribution in [2.24, 2.45) is 5.92 Å². The molecule has 1 amide bonds. The molecule has 0 unspecified atom stereocenters. The van der Waals surface area contributed by atoms with E-state index in [2.05, 4.69) is 16.0 Å². The summed E-state index contributed by atoms with van der Waals surface area (Å²) in [6.45, 7) is 1.36. The highest BCUT2D eigenvalue weighted by atomic mass is 19.1. The second kappa shape index (κ2) is 6.67. The SMILES string of the molecule is O=C(c1ccccc1F)N1CCC[C@@H](Cc2cnc3[nH]ccc3c2)C1. The number of halogens is 1. The fourth-order valence-electron chi connectivity index (χ4n) is 3.65. The number of rotatable bonds is 3. The first kappa shape index (κ1) is 15.8. The maximum absolute atomic E-state index is 13.9. The Kier molecular flexibility index (Phi) is 4.22. The summed E-state index contributed by atoms with van der Waals surface area (Å²) in [6, 6.07) is 10.4. The number of carbonyl (C=O) groups is 1. The van der Waals surface area contributed by atoms with Gasteiger partial charge in [-0.15, -0.1) is 0 Å². The lowest BCUT2D eigenvalue weighted by atomic mass is 9.91. The lowest BCUT2D eigenvalue weighted by molar-refractivity contribution is 0.0668. The number of benzene rings is 1. The van der Waals surface area contributed by atoms with E-state index in [4.69, 9.17) is 0 Å². The smallest absolute Gasteiger partial charge is 0.256 e. The zero-order valence-electron chi connectivity index (χ0n) is 13.9. The van der Waals surface area contributed by atoms with Crippen molar-refractivity contribution in [1.82, 2.24) is 14.9 Å². The van der Waals surface area contributed by atoms with Crippen LogP contribution >= 0.6 is 0 Å². The van der Waals surface area contributed by atoms with Crippen LogP contribution in [0.5, 0.6) is 0 Å². The first-order chi connectivity index (χ1) is 12.2. The van der Waals surface area contributed by atoms with E-state index in [0.717, 1.165) is 30.3 Å². The van der Waals surface area contributed by atoms with E-state index in [9.17, 15) is 9.18 Å². The van der Waals surface area contributed by atoms with Gasteiger partial charge in [0, 0.05) is 30.9 Å². The Morgan fingerprint density at radius 1 is 1.32 bits per heavy atom. The molecule has 1 aliphatic rings. The van der Waals surface area contributed by atoms with Crippen LogP contribution in [0, 0.1) is 11.7 Å². The number of amides is 1. The molecule has 2 aromatic heterocycles. The molecule has 1 aromatic carbocycles. The van der Waals surface area contributed by atoms with Crippen molar-refractivity contribution in [3.05, 3.63) is 65.7 Å². The van der Waals surface area contributed by atoms with Gasteiger partial charge < -0.3 is 9.88 Å². The molecule has 1 aliphatic heterocycles. The lowest BCUT2D eigenvalue weighted by Gasteiger charge is -2.33. The van der Waals surface area contributed by atoms with Gasteiger partial charge in [0.1, 0.15) is 11.5 Å². The van der Waals surface area contributed by atoms with Gasteiger partial charge in [-0.3, -0.25) is 4.79 Å². The van der Waals surface area contributed by atoms with Crippen LogP contribution in [0.4, 0.5) is 4.39 Å². The molecule has 5 heteroatoms. The van der Waals surface area contributed by atoms with E-state index in [1.165, 1.54) is 11.6 Å². The largest absolute Gasteiger partial charge is 0.346 e. The van der Waals surface area contributed by atoms with Gasteiger partial charge >= 0.3 is 0 Å². The van der Waals surface area contributed by atoms with Crippen LogP contribution in [0.2, 0.25) is 0 Å². The molecule has 0 saturated carbocycles. The van der Waals surface area contributed by atoms with E-state index in [1.54, 1.807) is 23.1 Å². The Morgan fingerprint density at radius 2 is 2.20 bits per heavy atom. The number of aromatic amines is 1. The third-order valence-electron chi connectivity index (χ3n) is 4.89. The average Bonchev–Trinajstić information content (AvgIpc) is 3.09. The van der Waals surface area contributed by atoms with Crippen LogP contribution in [0.25, 0.3) is 11.0 Å². The predicted molar refractivity (Wildman–Crippen MR) is 94.8 cm³/mol. The highest BCUT2D eigenvalue weighted by Gasteiger charge is 2.26. The topological polar surface area (TPSA) is 49.0 Å². The van der Waals surface area contributed by atoms with E-state index in [0.29, 0.717) is 19.0 Å². The minimum absolute atomic E-state index is 0.165. The van der Waals surface area contributed by atoms with Crippen molar-refractivity contribution in [1.29, 1.82) is 0 Å². The number of nitrogens with zero attached hydrogens (tertiary/aromatic N) is 2. The van der Waals surface area contributed by atoms with Crippen LogP contribution in [0.1, 0.15) is 28.8 Å². The predicted octanol–water partition coefficient (Wildman–Crippen LogP) is 3.80. The number of hydrogen-bond acceptors (Lipinski definition) is 2. The van der Waals surface area contributed by atoms with E-state index >= 15 is 0 Å². The average molecular weight is 337 g/mol. The number of pyridine rings is 1. The minimum atomic E-state index is -0.447. The Morgan fingerprint density at radius 3 is 3.08 bits per heavy atom. The summed E-state index contributed by atoms with van der Waals surface area (Å²) in [5.41, 5.74) is 2.24. The summed E-state index contributed by atoms with van der Waals surface area (Å²) >= 11 is 0. The summed E-state index contributed by atoms with van der Waals surface area (Å²) < 4.78 is 13.9. The zero-order valence-corrected chi connectivity index (χ0v) is 13.9. The standard InChI is InChI=1S/C20H20FN3O/c21-18-6-2-1-5-17(18)20(25)24-9-3-4-14(13-24)10-15-11-16-7-8-22-19(16)23-12-15/h1-2,5-8,11-12,14H,3-4,9-10,13H2,(H,22,23)/t14-/m0/s1. The number of H-pyrrole nitrogens is 1. The number of nitrogens with one attached hydrogen (secondary N) is 1. The highest BCUT2D eigenvalue weighted by Crippen LogP contribution is 2.24. The summed E-state index contributed by atoms with van der Waals surface area (Å²) in [7, 11) is 0. The van der Waals surface area contributed by atoms with Gasteiger partial charge in [0.2, 0.25) is 0 Å². The van der Waals surface area contributed by atoms with Crippen LogP contribution in [-0.2, 0) is 6.42 Å². The third-order valence-corrected chi connectivity index (χ3v) is 4.89. The highest BCUT2D eigenvalue weighted by molar-refractivity contribution is 5.94. The van der Waals surface area contributed by atoms with Crippen molar-refractivity contribution < 1.29 is 9.18 Å². The molecular formula is C20H20FN3O. The molecule has 1 atom stereocenters. The molecule has 1 N–H and O–H groups in total. The fourth-order valence-corrected chi connectivity index (χ4v) is 3.65. The number of aromatic nitrogens is 2. The second-order valence-corrected chi connectivity index (χ2v) is 6.70. The summed E-state index contributed by atoms with van der Waals surface area (Å²) in [5, 5.41) is 1.10. The summed E-state index contributed by atoms with van der Waals surface area (Å²) in [5.74, 6) is -0.276. The molecule has 4 nitrogen and oxygen atoms in total. The summed E-state index contributed by atoms with van der Waals surface area (Å²) in [4.78, 5) is 21.9. The molecule has 0 bridgehead atoms. The first-order valence-electron chi connectivity index (χ1n) is 8.66. The van der Waals surface area contributed by atoms with Crippen molar-refractivity contribution in [3.63, 3.8) is 0 Å². The Balaban J connectivity index is 1.47. The van der Waals surface area contributed by atoms with Gasteiger partial charge in [-0.25, -0.2) is 9.37 Å². The van der Waals surface area contributed by atoms with Crippen LogP contribution in [0.15, 0.2) is 48.8 Å². The molecule has 25 heavy (non-hydrogen) atoms. The number of piperidine rings is 1. The molecule has 4 rings (SSSR count). The van der Waals surface area contributed by atoms with Gasteiger partial charge in [0.05, 0.1) is 5.56 Å². The van der Waals surface area contributed by atoms with Crippen molar-refractivity contribution >= 4 is 16.9 Å². The fraction of sp³-hybridized carbons (Fsp3) is 0.300. The quantitative estimate of drug-likeness (QED) is 0.790. The van der Waals surface area contributed by atoms with Gasteiger partial charge in [0.25, 0.3) is 5.91 Å². The van der Waals surface area contributed by atoms with Crippen LogP contribution in [-0.4, -0.2) is 33.9 Å². The molecular weight excluding hydrogens is 317 g/mol. The molecule has 1 fully saturated rings. The van der Waals surface area contributed by atoms with Crippen molar-refractivity contribution in [2.75, 3.05) is 13.1 Å². The summed E-state index contributed by atoms with van der Waals surface area (Å²) in [6.07, 6.45) is 6.69. The maximum Gasteiger partial charge on any atom is 0.256 e. The Hall–Kier alpha value is -2.69. The number of likely N-dealkylation sites (tertiary alicyclic amines) is 1. The van der Waals surface area contributed by atoms with Crippen molar-refractivity contribution in [2.45, 2.75) is 19.3 Å². The minimum Gasteiger partial charge on any atom is -0.346 e. The van der Waals surface area contributed by atoms with Crippen molar-refractivity contribution in [3.8, 4) is 0 Å². The monoisotopic (exact) mass is 337 g/mol.